The van der Waals surface area contributed by atoms with Crippen molar-refractivity contribution in [3.05, 3.63) is 77.6 Å². The summed E-state index contributed by atoms with van der Waals surface area (Å²) in [6.07, 6.45) is 8.27. The second-order valence-electron chi connectivity index (χ2n) is 6.42. The van der Waals surface area contributed by atoms with Gasteiger partial charge in [0, 0.05) is 5.56 Å². The van der Waals surface area contributed by atoms with Gasteiger partial charge >= 0.3 is 0 Å². The molecule has 24 heavy (non-hydrogen) atoms. The maximum atomic E-state index is 4.75. The zero-order valence-electron chi connectivity index (χ0n) is 14.1. The topological polar surface area (TPSA) is 17.8 Å². The number of hydrogen-bond acceptors (Lipinski definition) is 1. The molecule has 1 heterocycles. The minimum absolute atomic E-state index is 1.03. The van der Waals surface area contributed by atoms with E-state index in [1.54, 1.807) is 0 Å². The third-order valence-electron chi connectivity index (χ3n) is 4.89. The van der Waals surface area contributed by atoms with Gasteiger partial charge in [-0.3, -0.25) is 0 Å². The predicted octanol–water partition coefficient (Wildman–Crippen LogP) is 5.23. The molecular formula is C22H22N2. The Balaban J connectivity index is 1.83. The molecule has 0 fully saturated rings. The van der Waals surface area contributed by atoms with Crippen molar-refractivity contribution in [2.45, 2.75) is 32.6 Å². The highest BCUT2D eigenvalue weighted by Crippen LogP contribution is 2.35. The first-order valence-corrected chi connectivity index (χ1v) is 8.72. The first-order valence-electron chi connectivity index (χ1n) is 8.72. The van der Waals surface area contributed by atoms with Crippen LogP contribution in [0.1, 0.15) is 35.7 Å². The largest absolute Gasteiger partial charge is 0.237 e. The molecule has 0 N–H and O–H groups in total. The molecule has 2 aromatic carbocycles. The molecule has 1 aliphatic carbocycles. The van der Waals surface area contributed by atoms with Crippen molar-refractivity contribution < 1.29 is 0 Å². The highest BCUT2D eigenvalue weighted by atomic mass is 15.3. The second kappa shape index (κ2) is 6.12. The van der Waals surface area contributed by atoms with Crippen LogP contribution in [0.4, 0.5) is 0 Å². The van der Waals surface area contributed by atoms with Crippen LogP contribution >= 0.6 is 0 Å². The molecular weight excluding hydrogens is 292 g/mol. The molecule has 2 heteroatoms. The van der Waals surface area contributed by atoms with Gasteiger partial charge in [-0.1, -0.05) is 62.4 Å². The third kappa shape index (κ3) is 2.39. The van der Waals surface area contributed by atoms with E-state index in [9.17, 15) is 0 Å². The lowest BCUT2D eigenvalue weighted by molar-refractivity contribution is 0.767. The van der Waals surface area contributed by atoms with Crippen LogP contribution in [0.5, 0.6) is 0 Å². The van der Waals surface area contributed by atoms with Gasteiger partial charge in [0.2, 0.25) is 0 Å². The van der Waals surface area contributed by atoms with E-state index in [0.29, 0.717) is 0 Å². The number of hydrogen-bond donors (Lipinski definition) is 0. The van der Waals surface area contributed by atoms with Gasteiger partial charge in [0.15, 0.2) is 0 Å². The van der Waals surface area contributed by atoms with Crippen LogP contribution in [-0.4, -0.2) is 9.78 Å². The summed E-state index contributed by atoms with van der Waals surface area (Å²) < 4.78 is 2.16. The Labute approximate surface area is 143 Å². The minimum Gasteiger partial charge on any atom is -0.237 e. The summed E-state index contributed by atoms with van der Waals surface area (Å²) in [6, 6.07) is 15.3. The van der Waals surface area contributed by atoms with E-state index in [4.69, 9.17) is 5.10 Å². The van der Waals surface area contributed by atoms with Crippen molar-refractivity contribution in [2.75, 3.05) is 0 Å². The van der Waals surface area contributed by atoms with Gasteiger partial charge in [0.25, 0.3) is 0 Å². The summed E-state index contributed by atoms with van der Waals surface area (Å²) in [5, 5.41) is 4.75. The van der Waals surface area contributed by atoms with E-state index in [1.807, 2.05) is 12.3 Å². The molecule has 0 radical (unpaired) electrons. The standard InChI is InChI=1S/C22H22N2/c1-3-7-17-8-5-6-9-21(17)24-22-13-11-18-14-16(4-2)10-12-19(18)20(22)15-23-24/h4-6,8-10,12,14-15H,2-3,7,11,13H2,1H3. The van der Waals surface area contributed by atoms with Crippen LogP contribution in [0.15, 0.2) is 55.2 Å². The molecule has 0 atom stereocenters. The zero-order chi connectivity index (χ0) is 16.5. The third-order valence-corrected chi connectivity index (χ3v) is 4.89. The SMILES string of the molecule is C=Cc1ccc2c(c1)CCc1c-2cnn1-c1ccccc1CCC. The molecule has 0 amide bonds. The normalized spacial score (nSPS) is 12.5. The van der Waals surface area contributed by atoms with Gasteiger partial charge in [0.1, 0.15) is 0 Å². The lowest BCUT2D eigenvalue weighted by Crippen LogP contribution is -2.10. The highest BCUT2D eigenvalue weighted by molar-refractivity contribution is 5.74. The van der Waals surface area contributed by atoms with Crippen LogP contribution in [-0.2, 0) is 19.3 Å². The van der Waals surface area contributed by atoms with E-state index in [0.717, 1.165) is 25.7 Å². The summed E-state index contributed by atoms with van der Waals surface area (Å²) in [5.41, 5.74) is 9.13. The maximum absolute atomic E-state index is 4.75. The molecule has 1 aromatic heterocycles. The monoisotopic (exact) mass is 314 g/mol. The van der Waals surface area contributed by atoms with E-state index in [1.165, 1.54) is 39.2 Å². The van der Waals surface area contributed by atoms with E-state index >= 15 is 0 Å². The Bertz CT molecular complexity index is 902. The average Bonchev–Trinajstić information content (AvgIpc) is 3.06. The molecule has 0 unspecified atom stereocenters. The second-order valence-corrected chi connectivity index (χ2v) is 6.42. The van der Waals surface area contributed by atoms with Crippen molar-refractivity contribution in [1.29, 1.82) is 0 Å². The summed E-state index contributed by atoms with van der Waals surface area (Å²) in [4.78, 5) is 0. The molecule has 1 aliphatic rings. The fourth-order valence-corrected chi connectivity index (χ4v) is 3.71. The quantitative estimate of drug-likeness (QED) is 0.644. The van der Waals surface area contributed by atoms with Crippen LogP contribution < -0.4 is 0 Å². The molecule has 0 saturated heterocycles. The van der Waals surface area contributed by atoms with Crippen molar-refractivity contribution >= 4 is 6.08 Å². The van der Waals surface area contributed by atoms with Crippen molar-refractivity contribution in [2.24, 2.45) is 0 Å². The highest BCUT2D eigenvalue weighted by Gasteiger charge is 2.22. The van der Waals surface area contributed by atoms with Gasteiger partial charge in [0.05, 0.1) is 17.6 Å². The first-order chi connectivity index (χ1) is 11.8. The molecule has 0 aliphatic heterocycles. The van der Waals surface area contributed by atoms with Crippen molar-refractivity contribution in [1.82, 2.24) is 9.78 Å². The number of aryl methyl sites for hydroxylation is 2. The smallest absolute Gasteiger partial charge is 0.0680 e. The lowest BCUT2D eigenvalue weighted by atomic mass is 9.88. The maximum Gasteiger partial charge on any atom is 0.0680 e. The number of rotatable bonds is 4. The van der Waals surface area contributed by atoms with Crippen molar-refractivity contribution in [3.8, 4) is 16.8 Å². The fraction of sp³-hybridized carbons (Fsp3) is 0.227. The summed E-state index contributed by atoms with van der Waals surface area (Å²) in [7, 11) is 0. The van der Waals surface area contributed by atoms with Gasteiger partial charge in [-0.15, -0.1) is 0 Å². The minimum atomic E-state index is 1.03. The van der Waals surface area contributed by atoms with Gasteiger partial charge in [-0.2, -0.15) is 5.10 Å². The molecule has 3 aromatic rings. The lowest BCUT2D eigenvalue weighted by Gasteiger charge is -2.19. The Morgan fingerprint density at radius 3 is 2.83 bits per heavy atom. The zero-order valence-corrected chi connectivity index (χ0v) is 14.1. The fourth-order valence-electron chi connectivity index (χ4n) is 3.71. The van der Waals surface area contributed by atoms with Gasteiger partial charge < -0.3 is 0 Å². The van der Waals surface area contributed by atoms with Crippen molar-refractivity contribution in [3.63, 3.8) is 0 Å². The Kier molecular flexibility index (Phi) is 3.81. The molecule has 120 valence electrons. The molecule has 4 rings (SSSR count). The predicted molar refractivity (Wildman–Crippen MR) is 100 cm³/mol. The number of benzene rings is 2. The van der Waals surface area contributed by atoms with Gasteiger partial charge in [-0.25, -0.2) is 4.68 Å². The number of nitrogens with zero attached hydrogens (tertiary/aromatic N) is 2. The van der Waals surface area contributed by atoms with E-state index in [2.05, 4.69) is 60.6 Å². The number of para-hydroxylation sites is 1. The summed E-state index contributed by atoms with van der Waals surface area (Å²) >= 11 is 0. The molecule has 0 saturated carbocycles. The van der Waals surface area contributed by atoms with E-state index in [-0.39, 0.29) is 0 Å². The molecule has 0 bridgehead atoms. The molecule has 2 nitrogen and oxygen atoms in total. The molecule has 0 spiro atoms. The van der Waals surface area contributed by atoms with E-state index < -0.39 is 0 Å². The van der Waals surface area contributed by atoms with Gasteiger partial charge in [-0.05, 0) is 47.6 Å². The first kappa shape index (κ1) is 14.9. The van der Waals surface area contributed by atoms with Crippen LogP contribution in [0.25, 0.3) is 22.9 Å². The Hall–Kier alpha value is -2.61. The number of fused-ring (bicyclic) bond motifs is 3. The van der Waals surface area contributed by atoms with Crippen LogP contribution in [0.2, 0.25) is 0 Å². The Morgan fingerprint density at radius 2 is 2.00 bits per heavy atom. The van der Waals surface area contributed by atoms with Crippen LogP contribution in [0.3, 0.4) is 0 Å². The number of aromatic nitrogens is 2. The Morgan fingerprint density at radius 1 is 1.12 bits per heavy atom. The summed E-state index contributed by atoms with van der Waals surface area (Å²) in [6.45, 7) is 6.10. The van der Waals surface area contributed by atoms with Crippen LogP contribution in [0, 0.1) is 0 Å². The summed E-state index contributed by atoms with van der Waals surface area (Å²) in [5.74, 6) is 0. The average molecular weight is 314 g/mol.